The van der Waals surface area contributed by atoms with Crippen molar-refractivity contribution < 1.29 is 35.9 Å². The van der Waals surface area contributed by atoms with E-state index in [0.29, 0.717) is 22.3 Å². The zero-order valence-corrected chi connectivity index (χ0v) is 24.6. The molecule has 0 saturated heterocycles. The van der Waals surface area contributed by atoms with Crippen molar-refractivity contribution in [2.45, 2.75) is 20.7 Å². The molecule has 0 heterocycles. The van der Waals surface area contributed by atoms with Gasteiger partial charge >= 0.3 is 5.51 Å². The van der Waals surface area contributed by atoms with E-state index in [9.17, 15) is 31.2 Å². The number of amides is 2. The highest BCUT2D eigenvalue weighted by Gasteiger charge is 2.46. The summed E-state index contributed by atoms with van der Waals surface area (Å²) < 4.78 is 69.4. The molecule has 0 bridgehead atoms. The molecule has 0 aliphatic heterocycles. The van der Waals surface area contributed by atoms with Crippen molar-refractivity contribution >= 4 is 78.2 Å². The number of ether oxygens (including phenoxy) is 1. The second-order valence-corrected chi connectivity index (χ2v) is 12.4. The number of carbonyl (C=O) groups is 2. The number of para-hydroxylation sites is 2. The second kappa shape index (κ2) is 13.1. The van der Waals surface area contributed by atoms with E-state index in [0.717, 1.165) is 23.0 Å². The standard InChI is InChI=1S/C25H21F3I2N2O5S/c26-25(27,28)38(35,36)18-7-5-6-17(14-18)31-23(33)19-8-1-3-10-21(19)32-24(34)20-9-2-4-11-22(20)37-13-12-16(30)15-29/h1-11,14,16H,12-13,15H2,(H,31,33)(H,32,34). The number of sulfone groups is 1. The number of hydrogen-bond donors (Lipinski definition) is 2. The summed E-state index contributed by atoms with van der Waals surface area (Å²) in [5.74, 6) is -0.912. The first-order chi connectivity index (χ1) is 17.9. The molecule has 3 rings (SSSR count). The van der Waals surface area contributed by atoms with Gasteiger partial charge in [-0.1, -0.05) is 75.5 Å². The molecule has 1 unspecified atom stereocenters. The van der Waals surface area contributed by atoms with Crippen LogP contribution >= 0.6 is 45.2 Å². The van der Waals surface area contributed by atoms with Gasteiger partial charge in [0.05, 0.1) is 28.3 Å². The monoisotopic (exact) mass is 772 g/mol. The van der Waals surface area contributed by atoms with Gasteiger partial charge in [0.2, 0.25) is 0 Å². The summed E-state index contributed by atoms with van der Waals surface area (Å²) in [5, 5.41) is 5.06. The molecule has 0 aliphatic carbocycles. The molecule has 0 aliphatic rings. The Labute approximate surface area is 244 Å². The maximum absolute atomic E-state index is 13.1. The molecule has 0 saturated carbocycles. The van der Waals surface area contributed by atoms with Crippen molar-refractivity contribution in [3.63, 3.8) is 0 Å². The van der Waals surface area contributed by atoms with Gasteiger partial charge < -0.3 is 15.4 Å². The van der Waals surface area contributed by atoms with Gasteiger partial charge in [-0.15, -0.1) is 0 Å². The van der Waals surface area contributed by atoms with Gasteiger partial charge in [-0.3, -0.25) is 9.59 Å². The van der Waals surface area contributed by atoms with Crippen molar-refractivity contribution in [3.05, 3.63) is 83.9 Å². The molecule has 38 heavy (non-hydrogen) atoms. The summed E-state index contributed by atoms with van der Waals surface area (Å²) in [5.41, 5.74) is -5.24. The van der Waals surface area contributed by atoms with Crippen LogP contribution in [0.4, 0.5) is 24.5 Å². The molecule has 0 fully saturated rings. The van der Waals surface area contributed by atoms with Gasteiger partial charge in [0, 0.05) is 14.0 Å². The Kier molecular flexibility index (Phi) is 10.4. The highest BCUT2D eigenvalue weighted by atomic mass is 127. The Morgan fingerprint density at radius 3 is 2.21 bits per heavy atom. The largest absolute Gasteiger partial charge is 0.501 e. The number of benzene rings is 3. The van der Waals surface area contributed by atoms with Crippen molar-refractivity contribution in [2.24, 2.45) is 0 Å². The number of nitrogens with one attached hydrogen (secondary N) is 2. The van der Waals surface area contributed by atoms with E-state index in [-0.39, 0.29) is 22.5 Å². The van der Waals surface area contributed by atoms with Gasteiger partial charge in [0.1, 0.15) is 5.75 Å². The Balaban J connectivity index is 1.79. The second-order valence-electron chi connectivity index (χ2n) is 7.82. The topological polar surface area (TPSA) is 102 Å². The average Bonchev–Trinajstić information content (AvgIpc) is 2.88. The maximum Gasteiger partial charge on any atom is 0.501 e. The van der Waals surface area contributed by atoms with Crippen LogP contribution in [0.3, 0.4) is 0 Å². The molecule has 0 spiro atoms. The van der Waals surface area contributed by atoms with Gasteiger partial charge in [-0.25, -0.2) is 8.42 Å². The third kappa shape index (κ3) is 7.59. The van der Waals surface area contributed by atoms with E-state index in [1.54, 1.807) is 36.4 Å². The summed E-state index contributed by atoms with van der Waals surface area (Å²) in [4.78, 5) is 25.0. The zero-order valence-electron chi connectivity index (χ0n) is 19.5. The third-order valence-electron chi connectivity index (χ3n) is 5.11. The highest BCUT2D eigenvalue weighted by Crippen LogP contribution is 2.31. The van der Waals surface area contributed by atoms with E-state index >= 15 is 0 Å². The first-order valence-electron chi connectivity index (χ1n) is 11.0. The van der Waals surface area contributed by atoms with Crippen LogP contribution in [0.5, 0.6) is 5.75 Å². The van der Waals surface area contributed by atoms with Gasteiger partial charge in [0.25, 0.3) is 21.7 Å². The molecule has 13 heteroatoms. The Morgan fingerprint density at radius 1 is 0.895 bits per heavy atom. The van der Waals surface area contributed by atoms with E-state index in [4.69, 9.17) is 4.74 Å². The van der Waals surface area contributed by atoms with Crippen molar-refractivity contribution in [2.75, 3.05) is 21.7 Å². The molecule has 3 aromatic carbocycles. The van der Waals surface area contributed by atoms with Crippen LogP contribution in [0.15, 0.2) is 77.7 Å². The number of carbonyl (C=O) groups excluding carboxylic acids is 2. The van der Waals surface area contributed by atoms with E-state index < -0.39 is 32.1 Å². The Bertz CT molecular complexity index is 1420. The van der Waals surface area contributed by atoms with Crippen LogP contribution < -0.4 is 15.4 Å². The number of hydrogen-bond acceptors (Lipinski definition) is 5. The Morgan fingerprint density at radius 2 is 1.53 bits per heavy atom. The lowest BCUT2D eigenvalue weighted by Gasteiger charge is -2.15. The molecule has 0 radical (unpaired) electrons. The number of anilines is 2. The first-order valence-corrected chi connectivity index (χ1v) is 15.2. The lowest BCUT2D eigenvalue weighted by Crippen LogP contribution is -2.23. The average molecular weight is 772 g/mol. The lowest BCUT2D eigenvalue weighted by atomic mass is 10.1. The number of halogens is 5. The maximum atomic E-state index is 13.1. The molecular formula is C25H21F3I2N2O5S. The summed E-state index contributed by atoms with van der Waals surface area (Å²) >= 11 is 4.62. The zero-order chi connectivity index (χ0) is 27.9. The first kappa shape index (κ1) is 30.1. The van der Waals surface area contributed by atoms with Gasteiger partial charge in [0.15, 0.2) is 0 Å². The summed E-state index contributed by atoms with van der Waals surface area (Å²) in [7, 11) is -5.59. The summed E-state index contributed by atoms with van der Waals surface area (Å²) in [6.45, 7) is 0.420. The van der Waals surface area contributed by atoms with Gasteiger partial charge in [-0.2, -0.15) is 13.2 Å². The van der Waals surface area contributed by atoms with Crippen molar-refractivity contribution in [1.82, 2.24) is 0 Å². The fraction of sp³-hybridized carbons (Fsp3) is 0.200. The van der Waals surface area contributed by atoms with Crippen LogP contribution in [0, 0.1) is 0 Å². The van der Waals surface area contributed by atoms with E-state index in [2.05, 4.69) is 55.8 Å². The number of alkyl halides is 5. The molecular weight excluding hydrogens is 751 g/mol. The molecule has 2 N–H and O–H groups in total. The van der Waals surface area contributed by atoms with E-state index in [1.807, 2.05) is 0 Å². The minimum absolute atomic E-state index is 0.0122. The van der Waals surface area contributed by atoms with Crippen LogP contribution in [-0.4, -0.2) is 40.7 Å². The summed E-state index contributed by atoms with van der Waals surface area (Å²) in [6, 6.07) is 16.5. The van der Waals surface area contributed by atoms with Crippen LogP contribution in [0.2, 0.25) is 0 Å². The predicted molar refractivity (Wildman–Crippen MR) is 155 cm³/mol. The molecule has 202 valence electrons. The molecule has 1 atom stereocenters. The van der Waals surface area contributed by atoms with Crippen LogP contribution in [0.1, 0.15) is 27.1 Å². The fourth-order valence-corrected chi connectivity index (χ4v) is 4.71. The highest BCUT2D eigenvalue weighted by molar-refractivity contribution is 14.1. The van der Waals surface area contributed by atoms with E-state index in [1.165, 1.54) is 18.2 Å². The number of rotatable bonds is 10. The molecule has 7 nitrogen and oxygen atoms in total. The molecule has 0 aromatic heterocycles. The summed E-state index contributed by atoms with van der Waals surface area (Å²) in [6.07, 6.45) is 0.800. The van der Waals surface area contributed by atoms with Crippen molar-refractivity contribution in [1.29, 1.82) is 0 Å². The third-order valence-corrected chi connectivity index (χ3v) is 10.4. The SMILES string of the molecule is O=C(Nc1cccc(S(=O)(=O)C(F)(F)F)c1)c1ccccc1NC(=O)c1ccccc1OCCC(I)CI. The minimum Gasteiger partial charge on any atom is -0.493 e. The predicted octanol–water partition coefficient (Wildman–Crippen LogP) is 6.49. The lowest BCUT2D eigenvalue weighted by molar-refractivity contribution is -0.0436. The normalized spacial score (nSPS) is 12.4. The Hall–Kier alpha value is -2.40. The smallest absolute Gasteiger partial charge is 0.493 e. The fourth-order valence-electron chi connectivity index (χ4n) is 3.21. The van der Waals surface area contributed by atoms with Crippen LogP contribution in [0.25, 0.3) is 0 Å². The molecule has 2 amide bonds. The minimum atomic E-state index is -5.59. The van der Waals surface area contributed by atoms with Crippen LogP contribution in [-0.2, 0) is 9.84 Å². The van der Waals surface area contributed by atoms with Crippen molar-refractivity contribution in [3.8, 4) is 5.75 Å². The molecule has 3 aromatic rings. The quantitative estimate of drug-likeness (QED) is 0.181. The van der Waals surface area contributed by atoms with Gasteiger partial charge in [-0.05, 0) is 48.9 Å².